The van der Waals surface area contributed by atoms with Crippen molar-refractivity contribution in [2.45, 2.75) is 13.0 Å². The molecule has 0 saturated heterocycles. The van der Waals surface area contributed by atoms with Crippen LogP contribution >= 0.6 is 0 Å². The molecule has 24 heavy (non-hydrogen) atoms. The number of aryl methyl sites for hydroxylation is 1. The highest BCUT2D eigenvalue weighted by Gasteiger charge is 2.06. The van der Waals surface area contributed by atoms with Gasteiger partial charge in [-0.25, -0.2) is 0 Å². The van der Waals surface area contributed by atoms with E-state index >= 15 is 0 Å². The van der Waals surface area contributed by atoms with Gasteiger partial charge in [0.2, 0.25) is 0 Å². The minimum Gasteiger partial charge on any atom is -0.378 e. The fraction of sp³-hybridized carbons (Fsp3) is 0.263. The molecule has 3 aromatic rings. The number of rotatable bonds is 6. The summed E-state index contributed by atoms with van der Waals surface area (Å²) in [4.78, 5) is 6.59. The SMILES string of the molecule is CN(C)c1ccc(-c2cc(-c3ccn(CCCN)n3)ccn2)cc1. The van der Waals surface area contributed by atoms with Gasteiger partial charge in [-0.15, -0.1) is 0 Å². The second kappa shape index (κ2) is 7.27. The number of nitrogens with zero attached hydrogens (tertiary/aromatic N) is 4. The second-order valence-corrected chi connectivity index (χ2v) is 5.98. The van der Waals surface area contributed by atoms with Crippen molar-refractivity contribution in [3.63, 3.8) is 0 Å². The van der Waals surface area contributed by atoms with E-state index in [4.69, 9.17) is 5.73 Å². The molecule has 5 nitrogen and oxygen atoms in total. The van der Waals surface area contributed by atoms with Crippen LogP contribution in [0, 0.1) is 0 Å². The summed E-state index contributed by atoms with van der Waals surface area (Å²) in [7, 11) is 4.07. The zero-order chi connectivity index (χ0) is 16.9. The summed E-state index contributed by atoms with van der Waals surface area (Å²) in [5, 5.41) is 4.62. The van der Waals surface area contributed by atoms with Crippen LogP contribution in [0.1, 0.15) is 6.42 Å². The maximum atomic E-state index is 5.56. The highest BCUT2D eigenvalue weighted by Crippen LogP contribution is 2.25. The molecule has 2 aromatic heterocycles. The lowest BCUT2D eigenvalue weighted by molar-refractivity contribution is 0.586. The molecule has 2 heterocycles. The lowest BCUT2D eigenvalue weighted by Crippen LogP contribution is -2.07. The Hall–Kier alpha value is -2.66. The van der Waals surface area contributed by atoms with E-state index in [1.807, 2.05) is 43.3 Å². The third-order valence-electron chi connectivity index (χ3n) is 3.97. The van der Waals surface area contributed by atoms with E-state index < -0.39 is 0 Å². The highest BCUT2D eigenvalue weighted by atomic mass is 15.3. The van der Waals surface area contributed by atoms with E-state index in [0.717, 1.165) is 35.5 Å². The Labute approximate surface area is 142 Å². The quantitative estimate of drug-likeness (QED) is 0.758. The summed E-state index contributed by atoms with van der Waals surface area (Å²) in [6.45, 7) is 1.53. The number of hydrogen-bond acceptors (Lipinski definition) is 4. The van der Waals surface area contributed by atoms with Crippen molar-refractivity contribution in [1.29, 1.82) is 0 Å². The smallest absolute Gasteiger partial charge is 0.0924 e. The molecule has 0 saturated carbocycles. The summed E-state index contributed by atoms with van der Waals surface area (Å²) in [5.74, 6) is 0. The first-order valence-corrected chi connectivity index (χ1v) is 8.15. The van der Waals surface area contributed by atoms with Crippen molar-refractivity contribution in [3.05, 3.63) is 54.9 Å². The van der Waals surface area contributed by atoms with E-state index in [0.29, 0.717) is 6.54 Å². The van der Waals surface area contributed by atoms with Gasteiger partial charge in [0, 0.05) is 49.8 Å². The Balaban J connectivity index is 1.84. The predicted octanol–water partition coefficient (Wildman–Crippen LogP) is 3.03. The molecule has 0 fully saturated rings. The molecule has 1 aromatic carbocycles. The van der Waals surface area contributed by atoms with Gasteiger partial charge in [0.1, 0.15) is 0 Å². The van der Waals surface area contributed by atoms with Crippen LogP contribution in [0.5, 0.6) is 0 Å². The molecule has 0 amide bonds. The lowest BCUT2D eigenvalue weighted by atomic mass is 10.1. The van der Waals surface area contributed by atoms with Gasteiger partial charge in [-0.2, -0.15) is 5.10 Å². The van der Waals surface area contributed by atoms with Gasteiger partial charge in [0.25, 0.3) is 0 Å². The molecular formula is C19H23N5. The number of anilines is 1. The minimum atomic E-state index is 0.678. The average molecular weight is 321 g/mol. The molecule has 5 heteroatoms. The van der Waals surface area contributed by atoms with Gasteiger partial charge >= 0.3 is 0 Å². The summed E-state index contributed by atoms with van der Waals surface area (Å²) in [5.41, 5.74) is 10.8. The molecule has 0 bridgehead atoms. The Morgan fingerprint density at radius 1 is 1.00 bits per heavy atom. The Morgan fingerprint density at radius 2 is 1.79 bits per heavy atom. The van der Waals surface area contributed by atoms with Crippen LogP contribution in [0.2, 0.25) is 0 Å². The van der Waals surface area contributed by atoms with E-state index in [9.17, 15) is 0 Å². The highest BCUT2D eigenvalue weighted by molar-refractivity contribution is 5.69. The molecule has 0 spiro atoms. The molecule has 0 radical (unpaired) electrons. The zero-order valence-electron chi connectivity index (χ0n) is 14.2. The molecular weight excluding hydrogens is 298 g/mol. The number of hydrogen-bond donors (Lipinski definition) is 1. The third kappa shape index (κ3) is 3.63. The van der Waals surface area contributed by atoms with Crippen molar-refractivity contribution in [1.82, 2.24) is 14.8 Å². The van der Waals surface area contributed by atoms with Gasteiger partial charge in [0.15, 0.2) is 0 Å². The summed E-state index contributed by atoms with van der Waals surface area (Å²) >= 11 is 0. The topological polar surface area (TPSA) is 60.0 Å². The van der Waals surface area contributed by atoms with Crippen LogP contribution < -0.4 is 10.6 Å². The van der Waals surface area contributed by atoms with Crippen LogP contribution in [0.25, 0.3) is 22.5 Å². The monoisotopic (exact) mass is 321 g/mol. The van der Waals surface area contributed by atoms with Gasteiger partial charge in [-0.3, -0.25) is 9.67 Å². The van der Waals surface area contributed by atoms with E-state index in [2.05, 4.69) is 45.3 Å². The number of aromatic nitrogens is 3. The maximum Gasteiger partial charge on any atom is 0.0924 e. The first-order chi connectivity index (χ1) is 11.7. The molecule has 2 N–H and O–H groups in total. The fourth-order valence-corrected chi connectivity index (χ4v) is 2.57. The van der Waals surface area contributed by atoms with Crippen molar-refractivity contribution >= 4 is 5.69 Å². The predicted molar refractivity (Wildman–Crippen MR) is 98.9 cm³/mol. The Morgan fingerprint density at radius 3 is 2.50 bits per heavy atom. The lowest BCUT2D eigenvalue weighted by Gasteiger charge is -2.12. The van der Waals surface area contributed by atoms with E-state index in [1.165, 1.54) is 5.69 Å². The first-order valence-electron chi connectivity index (χ1n) is 8.15. The zero-order valence-corrected chi connectivity index (χ0v) is 14.2. The van der Waals surface area contributed by atoms with Crippen LogP contribution in [0.3, 0.4) is 0 Å². The van der Waals surface area contributed by atoms with Gasteiger partial charge in [0.05, 0.1) is 11.4 Å². The first kappa shape index (κ1) is 16.2. The van der Waals surface area contributed by atoms with Crippen molar-refractivity contribution in [2.75, 3.05) is 25.5 Å². The molecule has 0 unspecified atom stereocenters. The number of benzene rings is 1. The van der Waals surface area contributed by atoms with Gasteiger partial charge in [-0.1, -0.05) is 12.1 Å². The standard InChI is InChI=1S/C19H23N5/c1-23(2)17-6-4-15(5-7-17)19-14-16(8-11-21-19)18-9-13-24(22-18)12-3-10-20/h4-9,11,13-14H,3,10,12,20H2,1-2H3. The van der Waals surface area contributed by atoms with Gasteiger partial charge < -0.3 is 10.6 Å². The summed E-state index contributed by atoms with van der Waals surface area (Å²) in [6, 6.07) is 14.5. The normalized spacial score (nSPS) is 10.8. The van der Waals surface area contributed by atoms with Crippen LogP contribution in [0.4, 0.5) is 5.69 Å². The summed E-state index contributed by atoms with van der Waals surface area (Å²) in [6.07, 6.45) is 4.77. The molecule has 3 rings (SSSR count). The average Bonchev–Trinajstić information content (AvgIpc) is 3.09. The van der Waals surface area contributed by atoms with Crippen molar-refractivity contribution in [3.8, 4) is 22.5 Å². The third-order valence-corrected chi connectivity index (χ3v) is 3.97. The van der Waals surface area contributed by atoms with Crippen LogP contribution in [0.15, 0.2) is 54.9 Å². The Bertz CT molecular complexity index is 790. The van der Waals surface area contributed by atoms with Crippen molar-refractivity contribution < 1.29 is 0 Å². The van der Waals surface area contributed by atoms with Crippen LogP contribution in [-0.4, -0.2) is 35.4 Å². The molecule has 0 atom stereocenters. The minimum absolute atomic E-state index is 0.678. The molecule has 124 valence electrons. The second-order valence-electron chi connectivity index (χ2n) is 5.98. The largest absolute Gasteiger partial charge is 0.378 e. The van der Waals surface area contributed by atoms with E-state index in [-0.39, 0.29) is 0 Å². The Kier molecular flexibility index (Phi) is 4.91. The van der Waals surface area contributed by atoms with E-state index in [1.54, 1.807) is 0 Å². The molecule has 0 aliphatic rings. The fourth-order valence-electron chi connectivity index (χ4n) is 2.57. The maximum absolute atomic E-state index is 5.56. The molecule has 0 aliphatic carbocycles. The van der Waals surface area contributed by atoms with Gasteiger partial charge in [-0.05, 0) is 43.3 Å². The summed E-state index contributed by atoms with van der Waals surface area (Å²) < 4.78 is 1.94. The number of nitrogens with two attached hydrogens (primary N) is 1. The van der Waals surface area contributed by atoms with Crippen LogP contribution in [-0.2, 0) is 6.54 Å². The van der Waals surface area contributed by atoms with Crippen molar-refractivity contribution in [2.24, 2.45) is 5.73 Å². The number of pyridine rings is 1. The molecule has 0 aliphatic heterocycles.